The minimum atomic E-state index is -5.73. The molecule has 0 aliphatic heterocycles. The maximum absolute atomic E-state index is 12.8. The number of esters is 1. The second kappa shape index (κ2) is 39.8. The van der Waals surface area contributed by atoms with E-state index in [1.54, 1.807) is 12.1 Å². The van der Waals surface area contributed by atoms with Crippen molar-refractivity contribution in [1.29, 1.82) is 0 Å². The molecule has 14 heteroatoms. The lowest BCUT2D eigenvalue weighted by Crippen LogP contribution is -2.29. The van der Waals surface area contributed by atoms with Gasteiger partial charge < -0.3 is 29.3 Å². The number of halogens is 3. The number of benzene rings is 6. The standard InChI is InChI=1S/C33H46O3.C32H44O3.C27H37F3O4S/c1-9-33(10-2,30-19-16-28(25(4)23-30)17-20-31(35)32(6,7)8)29-18-15-27(24(3)22-29)14-12-11-13-21-36-26(5)34;1-8-32(9-2,27-18-15-25(23(3)21-27)13-11-10-12-14-30(34)35)28-19-16-26(24(4)22-28)17-20-29(33)31(5,6)7;1-8-26(9-2,21-12-10-20(18(3)16-21)11-15-24(31)25(5,6)7)22-13-14-23(19(4)17-22)34-35(32,33)27(28,29)30/h15-16,18-19,22-23,31,35H,9-11,13,17,20-21H2,1-8H3;15-16,18-19,21-22,29,33H,8-10,12,14,17,20H2,1-7H3,(H,34,35);10,12-14,16-17,24,31H,8-9,11,15H2,1-7H3. The van der Waals surface area contributed by atoms with E-state index in [1.165, 1.54) is 70.0 Å². The molecular weight excluding hydrogens is 1350 g/mol. The average Bonchev–Trinajstić information content (AvgIpc) is 0.781. The molecule has 0 fully saturated rings. The highest BCUT2D eigenvalue weighted by molar-refractivity contribution is 7.88. The number of rotatable bonds is 29. The van der Waals surface area contributed by atoms with Gasteiger partial charge >= 0.3 is 27.6 Å². The topological polar surface area (TPSA) is 168 Å². The molecule has 0 heterocycles. The van der Waals surface area contributed by atoms with E-state index in [0.29, 0.717) is 37.9 Å². The van der Waals surface area contributed by atoms with E-state index in [1.807, 2.05) is 27.7 Å². The van der Waals surface area contributed by atoms with E-state index in [9.17, 15) is 46.5 Å². The predicted molar refractivity (Wildman–Crippen MR) is 429 cm³/mol. The van der Waals surface area contributed by atoms with Crippen LogP contribution in [0.15, 0.2) is 109 Å². The summed E-state index contributed by atoms with van der Waals surface area (Å²) in [5.41, 5.74) is 13.1. The van der Waals surface area contributed by atoms with Crippen LogP contribution >= 0.6 is 0 Å². The van der Waals surface area contributed by atoms with Crippen LogP contribution in [0.3, 0.4) is 0 Å². The smallest absolute Gasteiger partial charge is 0.481 e. The number of unbranched alkanes of at least 4 members (excludes halogenated alkanes) is 2. The largest absolute Gasteiger partial charge is 0.534 e. The van der Waals surface area contributed by atoms with Crippen molar-refractivity contribution in [3.63, 3.8) is 0 Å². The molecule has 0 radical (unpaired) electrons. The van der Waals surface area contributed by atoms with Crippen molar-refractivity contribution in [3.05, 3.63) is 204 Å². The molecule has 0 spiro atoms. The van der Waals surface area contributed by atoms with Gasteiger partial charge in [0.05, 0.1) is 24.9 Å². The molecule has 0 aliphatic carbocycles. The fourth-order valence-corrected chi connectivity index (χ4v) is 14.6. The van der Waals surface area contributed by atoms with Crippen molar-refractivity contribution in [2.75, 3.05) is 6.61 Å². The molecule has 0 aromatic heterocycles. The van der Waals surface area contributed by atoms with E-state index in [2.05, 4.69) is 230 Å². The van der Waals surface area contributed by atoms with Crippen molar-refractivity contribution >= 4 is 22.1 Å². The minimum Gasteiger partial charge on any atom is -0.481 e. The molecule has 6 aromatic carbocycles. The molecule has 0 bridgehead atoms. The number of aliphatic hydroxyl groups is 3. The van der Waals surface area contributed by atoms with Crippen molar-refractivity contribution in [2.24, 2.45) is 16.2 Å². The summed E-state index contributed by atoms with van der Waals surface area (Å²) in [7, 11) is -5.73. The van der Waals surface area contributed by atoms with Gasteiger partial charge in [0.1, 0.15) is 5.75 Å². The quantitative estimate of drug-likeness (QED) is 0.0117. The number of alkyl halides is 3. The molecule has 3 unspecified atom stereocenters. The van der Waals surface area contributed by atoms with Crippen LogP contribution in [-0.4, -0.2) is 71.2 Å². The third-order valence-corrected chi connectivity index (χ3v) is 23.0. The first-order chi connectivity index (χ1) is 49.4. The monoisotopic (exact) mass is 1480 g/mol. The van der Waals surface area contributed by atoms with Gasteiger partial charge in [0.25, 0.3) is 0 Å². The van der Waals surface area contributed by atoms with Gasteiger partial charge in [0.2, 0.25) is 0 Å². The average molecular weight is 1480 g/mol. The van der Waals surface area contributed by atoms with E-state index in [0.717, 1.165) is 116 Å². The maximum atomic E-state index is 12.8. The summed E-state index contributed by atoms with van der Waals surface area (Å²) in [5, 5.41) is 40.1. The van der Waals surface area contributed by atoms with Gasteiger partial charge in [-0.3, -0.25) is 9.59 Å². The molecule has 10 nitrogen and oxygen atoms in total. The van der Waals surface area contributed by atoms with Crippen molar-refractivity contribution in [2.45, 2.75) is 302 Å². The SMILES string of the molecule is CCC(CC)(c1ccc(C#CCCCC(=O)O)c(C)c1)c1ccc(CCC(O)C(C)(C)C)c(C)c1.CCC(CC)(c1ccc(C#CCCCOC(C)=O)c(C)c1)c1ccc(CCC(O)C(C)(C)C)c(C)c1.CCC(CC)(c1ccc(CCC(O)C(C)(C)C)c(C)c1)c1ccc(OS(=O)(=O)C(F)(F)F)c(C)c1. The van der Waals surface area contributed by atoms with Crippen LogP contribution in [0.25, 0.3) is 0 Å². The third-order valence-electron chi connectivity index (χ3n) is 22.0. The van der Waals surface area contributed by atoms with Gasteiger partial charge in [0.15, 0.2) is 0 Å². The predicted octanol–water partition coefficient (Wildman–Crippen LogP) is 21.8. The number of hydrogen-bond donors (Lipinski definition) is 4. The molecule has 0 saturated heterocycles. The summed E-state index contributed by atoms with van der Waals surface area (Å²) in [6.45, 7) is 45.8. The fourth-order valence-electron chi connectivity index (χ4n) is 14.1. The zero-order chi connectivity index (χ0) is 80.0. The number of carboxylic acids is 1. The molecule has 6 rings (SSSR count). The van der Waals surface area contributed by atoms with Gasteiger partial charge in [0, 0.05) is 53.6 Å². The Balaban J connectivity index is 0.000000336. The molecular formula is C92H127F3O10S. The first-order valence-corrected chi connectivity index (χ1v) is 39.8. The number of carbonyl (C=O) groups is 2. The van der Waals surface area contributed by atoms with Crippen LogP contribution in [0.4, 0.5) is 13.2 Å². The van der Waals surface area contributed by atoms with Crippen LogP contribution in [0.5, 0.6) is 5.75 Å². The molecule has 582 valence electrons. The van der Waals surface area contributed by atoms with E-state index >= 15 is 0 Å². The van der Waals surface area contributed by atoms with Crippen LogP contribution in [0.2, 0.25) is 0 Å². The lowest BCUT2D eigenvalue weighted by molar-refractivity contribution is -0.141. The molecule has 106 heavy (non-hydrogen) atoms. The zero-order valence-corrected chi connectivity index (χ0v) is 68.9. The zero-order valence-electron chi connectivity index (χ0n) is 68.1. The van der Waals surface area contributed by atoms with Crippen LogP contribution in [-0.2, 0) is 60.0 Å². The number of aryl methyl sites for hydroxylation is 9. The van der Waals surface area contributed by atoms with Crippen molar-refractivity contribution < 1.29 is 60.5 Å². The normalized spacial score (nSPS) is 13.1. The number of ether oxygens (including phenoxy) is 1. The Morgan fingerprint density at radius 1 is 0.443 bits per heavy atom. The van der Waals surface area contributed by atoms with Gasteiger partial charge in [-0.15, -0.1) is 0 Å². The molecule has 0 amide bonds. The lowest BCUT2D eigenvalue weighted by Gasteiger charge is -2.34. The summed E-state index contributed by atoms with van der Waals surface area (Å²) in [4.78, 5) is 21.5. The summed E-state index contributed by atoms with van der Waals surface area (Å²) >= 11 is 0. The van der Waals surface area contributed by atoms with Gasteiger partial charge in [-0.25, -0.2) is 0 Å². The van der Waals surface area contributed by atoms with Gasteiger partial charge in [-0.2, -0.15) is 21.6 Å². The fraction of sp³-hybridized carbons (Fsp3) is 0.543. The summed E-state index contributed by atoms with van der Waals surface area (Å²) in [5.74, 6) is 11.5. The van der Waals surface area contributed by atoms with Crippen LogP contribution < -0.4 is 4.18 Å². The Morgan fingerprint density at radius 2 is 0.736 bits per heavy atom. The highest BCUT2D eigenvalue weighted by atomic mass is 32.2. The Kier molecular flexibility index (Phi) is 34.2. The molecule has 0 aliphatic rings. The maximum Gasteiger partial charge on any atom is 0.534 e. The van der Waals surface area contributed by atoms with Crippen molar-refractivity contribution in [3.8, 4) is 29.4 Å². The number of aliphatic carboxylic acids is 1. The second-order valence-electron chi connectivity index (χ2n) is 32.4. The first-order valence-electron chi connectivity index (χ1n) is 38.4. The number of hydrogen-bond acceptors (Lipinski definition) is 9. The summed E-state index contributed by atoms with van der Waals surface area (Å²) in [6, 6.07) is 38.0. The van der Waals surface area contributed by atoms with Gasteiger partial charge in [-0.1, -0.05) is 219 Å². The lowest BCUT2D eigenvalue weighted by atomic mass is 9.69. The molecule has 0 saturated carbocycles. The minimum absolute atomic E-state index is 0.0467. The van der Waals surface area contributed by atoms with Crippen molar-refractivity contribution in [1.82, 2.24) is 0 Å². The first kappa shape index (κ1) is 91.2. The molecule has 6 aromatic rings. The Morgan fingerprint density at radius 3 is 1.00 bits per heavy atom. The van der Waals surface area contributed by atoms with Crippen LogP contribution in [0, 0.1) is 81.5 Å². The number of carboxylic acid groups (broad SMARTS) is 1. The third kappa shape index (κ3) is 24.9. The number of carbonyl (C=O) groups excluding carboxylic acids is 1. The Labute approximate surface area is 636 Å². The van der Waals surface area contributed by atoms with E-state index in [4.69, 9.17) is 9.84 Å². The van der Waals surface area contributed by atoms with E-state index in [-0.39, 0.29) is 57.4 Å². The highest BCUT2D eigenvalue weighted by Gasteiger charge is 2.49. The Bertz CT molecular complexity index is 4110. The van der Waals surface area contributed by atoms with Crippen LogP contribution in [0.1, 0.15) is 295 Å². The molecule has 4 N–H and O–H groups in total. The summed E-state index contributed by atoms with van der Waals surface area (Å²) in [6.07, 6.45) is 12.1. The van der Waals surface area contributed by atoms with Gasteiger partial charge in [-0.05, 0) is 249 Å². The highest BCUT2D eigenvalue weighted by Crippen LogP contribution is 2.45. The summed E-state index contributed by atoms with van der Waals surface area (Å²) < 4.78 is 70.5. The number of aliphatic hydroxyl groups excluding tert-OH is 3. The van der Waals surface area contributed by atoms with E-state index < -0.39 is 33.1 Å². The Hall–Kier alpha value is -7.20. The molecule has 3 atom stereocenters. The second-order valence-corrected chi connectivity index (χ2v) is 33.9.